The molecule has 3 heterocycles. The molecule has 0 unspecified atom stereocenters. The number of hydrogen-bond acceptors (Lipinski definition) is 8. The van der Waals surface area contributed by atoms with E-state index in [1.54, 1.807) is 27.6 Å². The molecule has 2 atom stereocenters. The van der Waals surface area contributed by atoms with E-state index >= 15 is 0 Å². The van der Waals surface area contributed by atoms with E-state index in [1.807, 2.05) is 48.5 Å². The Morgan fingerprint density at radius 3 is 2.65 bits per heavy atom. The SMILES string of the molecule is C=CCN1CC(=O)N2[C@@H](Cc3ccc(O)c(C(N)=O)c3)C(=O)N(Cc3cccc4scnc34)C[C@@H]2N1C(=O)NCc1ccccc1. The Balaban J connectivity index is 1.38. The maximum atomic E-state index is 14.3. The van der Waals surface area contributed by atoms with Gasteiger partial charge in [-0.15, -0.1) is 17.9 Å². The highest BCUT2D eigenvalue weighted by Crippen LogP contribution is 2.31. The van der Waals surface area contributed by atoms with Crippen molar-refractivity contribution in [2.75, 3.05) is 19.6 Å². The minimum absolute atomic E-state index is 0.0277. The smallest absolute Gasteiger partial charge is 0.334 e. The number of benzene rings is 3. The van der Waals surface area contributed by atoms with Crippen molar-refractivity contribution >= 4 is 45.3 Å². The summed E-state index contributed by atoms with van der Waals surface area (Å²) in [7, 11) is 0. The largest absolute Gasteiger partial charge is 0.507 e. The van der Waals surface area contributed by atoms with Crippen molar-refractivity contribution in [3.05, 3.63) is 107 Å². The molecule has 13 heteroatoms. The molecule has 1 aromatic heterocycles. The molecule has 0 radical (unpaired) electrons. The van der Waals surface area contributed by atoms with Crippen LogP contribution in [0.3, 0.4) is 0 Å². The molecule has 4 aromatic rings. The predicted octanol–water partition coefficient (Wildman–Crippen LogP) is 2.84. The molecule has 3 aromatic carbocycles. The van der Waals surface area contributed by atoms with Gasteiger partial charge in [0.1, 0.15) is 18.0 Å². The number of nitrogens with zero attached hydrogens (tertiary/aromatic N) is 5. The van der Waals surface area contributed by atoms with E-state index in [0.29, 0.717) is 5.56 Å². The molecule has 0 spiro atoms. The lowest BCUT2D eigenvalue weighted by atomic mass is 9.96. The lowest BCUT2D eigenvalue weighted by Crippen LogP contribution is -2.76. The highest BCUT2D eigenvalue weighted by molar-refractivity contribution is 7.16. The van der Waals surface area contributed by atoms with Crippen LogP contribution in [0.15, 0.2) is 84.9 Å². The minimum Gasteiger partial charge on any atom is -0.507 e. The lowest BCUT2D eigenvalue weighted by molar-refractivity contribution is -0.189. The molecule has 2 aliphatic rings. The fourth-order valence-electron chi connectivity index (χ4n) is 6.11. The molecule has 0 aliphatic carbocycles. The first-order valence-corrected chi connectivity index (χ1v) is 15.6. The summed E-state index contributed by atoms with van der Waals surface area (Å²) < 4.78 is 0.982. The highest BCUT2D eigenvalue weighted by atomic mass is 32.1. The minimum atomic E-state index is -1.01. The average molecular weight is 640 g/mol. The van der Waals surface area contributed by atoms with Gasteiger partial charge in [0, 0.05) is 26.1 Å². The second-order valence-corrected chi connectivity index (χ2v) is 12.1. The van der Waals surface area contributed by atoms with E-state index in [1.165, 1.54) is 33.4 Å². The molecular weight excluding hydrogens is 606 g/mol. The standard InChI is InChI=1S/C33H33N7O5S/c1-2-13-38-19-29(42)39-25(15-22-11-12-26(41)24(14-22)31(34)43)32(44)37(17-23-9-6-10-27-30(23)36-20-46-27)18-28(39)40(38)33(45)35-16-21-7-4-3-5-8-21/h2-12,14,20,25,28,41H,1,13,15-19H2,(H2,34,43)(H,35,45)/t25-,28-/m0/s1. The number of phenols is 1. The zero-order valence-corrected chi connectivity index (χ0v) is 25.7. The van der Waals surface area contributed by atoms with Crippen LogP contribution in [-0.4, -0.2) is 85.5 Å². The Labute approximate surface area is 269 Å². The molecule has 2 saturated heterocycles. The number of fused-ring (bicyclic) bond motifs is 2. The number of urea groups is 1. The third-order valence-corrected chi connectivity index (χ3v) is 9.02. The molecule has 0 bridgehead atoms. The first-order valence-electron chi connectivity index (χ1n) is 14.7. The van der Waals surface area contributed by atoms with Gasteiger partial charge < -0.3 is 26.0 Å². The summed E-state index contributed by atoms with van der Waals surface area (Å²) in [4.78, 5) is 61.7. The monoisotopic (exact) mass is 639 g/mol. The summed E-state index contributed by atoms with van der Waals surface area (Å²) >= 11 is 1.50. The first kappa shape index (κ1) is 30.7. The number of hydrazine groups is 1. The van der Waals surface area contributed by atoms with Gasteiger partial charge in [-0.2, -0.15) is 0 Å². The van der Waals surface area contributed by atoms with E-state index in [4.69, 9.17) is 5.73 Å². The number of nitrogens with two attached hydrogens (primary N) is 1. The quantitative estimate of drug-likeness (QED) is 0.238. The Morgan fingerprint density at radius 1 is 1.09 bits per heavy atom. The zero-order valence-electron chi connectivity index (χ0n) is 24.9. The van der Waals surface area contributed by atoms with Gasteiger partial charge in [-0.05, 0) is 34.9 Å². The fraction of sp³-hybridized carbons (Fsp3) is 0.242. The van der Waals surface area contributed by atoms with Crippen molar-refractivity contribution in [3.63, 3.8) is 0 Å². The van der Waals surface area contributed by atoms with Crippen LogP contribution < -0.4 is 11.1 Å². The molecule has 236 valence electrons. The molecule has 0 saturated carbocycles. The second kappa shape index (κ2) is 13.0. The fourth-order valence-corrected chi connectivity index (χ4v) is 6.83. The molecular formula is C33H33N7O5S. The molecule has 5 amide bonds. The number of amides is 5. The molecule has 6 rings (SSSR count). The molecule has 12 nitrogen and oxygen atoms in total. The van der Waals surface area contributed by atoms with Crippen LogP contribution >= 0.6 is 11.3 Å². The van der Waals surface area contributed by atoms with Gasteiger partial charge in [-0.25, -0.2) is 19.8 Å². The van der Waals surface area contributed by atoms with Crippen LogP contribution in [0, 0.1) is 0 Å². The Hall–Kier alpha value is -5.27. The average Bonchev–Trinajstić information content (AvgIpc) is 3.53. The zero-order chi connectivity index (χ0) is 32.4. The number of thiazole rings is 1. The maximum absolute atomic E-state index is 14.3. The number of nitrogens with one attached hydrogen (secondary N) is 1. The summed E-state index contributed by atoms with van der Waals surface area (Å²) in [5.74, 6) is -1.74. The number of primary amides is 1. The van der Waals surface area contributed by atoms with Gasteiger partial charge in [0.15, 0.2) is 0 Å². The first-order chi connectivity index (χ1) is 22.2. The van der Waals surface area contributed by atoms with Crippen molar-refractivity contribution in [3.8, 4) is 5.75 Å². The predicted molar refractivity (Wildman–Crippen MR) is 172 cm³/mol. The highest BCUT2D eigenvalue weighted by Gasteiger charge is 2.51. The van der Waals surface area contributed by atoms with Gasteiger partial charge in [-0.1, -0.05) is 54.6 Å². The van der Waals surface area contributed by atoms with Crippen LogP contribution in [0.2, 0.25) is 0 Å². The van der Waals surface area contributed by atoms with Crippen molar-refractivity contribution in [2.45, 2.75) is 31.7 Å². The van der Waals surface area contributed by atoms with E-state index in [9.17, 15) is 24.3 Å². The number of carbonyl (C=O) groups excluding carboxylic acids is 4. The number of aromatic hydroxyl groups is 1. The van der Waals surface area contributed by atoms with Crippen LogP contribution in [0.4, 0.5) is 4.79 Å². The summed E-state index contributed by atoms with van der Waals surface area (Å²) in [6.45, 7) is 4.43. The Kier molecular flexibility index (Phi) is 8.68. The summed E-state index contributed by atoms with van der Waals surface area (Å²) in [5.41, 5.74) is 10.2. The van der Waals surface area contributed by atoms with Crippen LogP contribution in [0.1, 0.15) is 27.0 Å². The second-order valence-electron chi connectivity index (χ2n) is 11.2. The van der Waals surface area contributed by atoms with Crippen molar-refractivity contribution in [1.29, 1.82) is 0 Å². The van der Waals surface area contributed by atoms with Gasteiger partial charge in [0.25, 0.3) is 5.91 Å². The van der Waals surface area contributed by atoms with Crippen LogP contribution in [-0.2, 0) is 29.1 Å². The van der Waals surface area contributed by atoms with E-state index in [2.05, 4.69) is 16.9 Å². The number of para-hydroxylation sites is 1. The molecule has 2 aliphatic heterocycles. The molecule has 46 heavy (non-hydrogen) atoms. The maximum Gasteiger partial charge on any atom is 0.334 e. The van der Waals surface area contributed by atoms with Crippen LogP contribution in [0.25, 0.3) is 10.2 Å². The van der Waals surface area contributed by atoms with Gasteiger partial charge in [0.2, 0.25) is 11.8 Å². The molecule has 2 fully saturated rings. The van der Waals surface area contributed by atoms with Gasteiger partial charge in [0.05, 0.1) is 34.4 Å². The van der Waals surface area contributed by atoms with Gasteiger partial charge >= 0.3 is 6.03 Å². The number of carbonyl (C=O) groups is 4. The van der Waals surface area contributed by atoms with Crippen molar-refractivity contribution in [1.82, 2.24) is 30.1 Å². The summed E-state index contributed by atoms with van der Waals surface area (Å²) in [6, 6.07) is 18.2. The third-order valence-electron chi connectivity index (χ3n) is 8.23. The summed E-state index contributed by atoms with van der Waals surface area (Å²) in [5, 5.41) is 16.3. The van der Waals surface area contributed by atoms with E-state index in [-0.39, 0.29) is 62.3 Å². The van der Waals surface area contributed by atoms with Crippen molar-refractivity contribution < 1.29 is 24.3 Å². The summed E-state index contributed by atoms with van der Waals surface area (Å²) in [6.07, 6.45) is 0.802. The number of aromatic nitrogens is 1. The third kappa shape index (κ3) is 6.02. The molecule has 4 N–H and O–H groups in total. The van der Waals surface area contributed by atoms with Gasteiger partial charge in [-0.3, -0.25) is 14.4 Å². The normalized spacial score (nSPS) is 18.5. The topological polar surface area (TPSA) is 152 Å². The number of hydrogen-bond donors (Lipinski definition) is 3. The number of piperazine rings is 1. The lowest BCUT2D eigenvalue weighted by Gasteiger charge is -2.55. The van der Waals surface area contributed by atoms with E-state index in [0.717, 1.165) is 21.3 Å². The van der Waals surface area contributed by atoms with E-state index < -0.39 is 24.1 Å². The Morgan fingerprint density at radius 2 is 1.89 bits per heavy atom. The number of rotatable bonds is 9. The van der Waals surface area contributed by atoms with Crippen molar-refractivity contribution in [2.24, 2.45) is 5.73 Å². The van der Waals surface area contributed by atoms with Crippen LogP contribution in [0.5, 0.6) is 5.75 Å². The Bertz CT molecular complexity index is 1810.